The molecule has 2 aliphatic heterocycles. The van der Waals surface area contributed by atoms with Crippen molar-refractivity contribution >= 4 is 23.5 Å². The molecule has 3 aliphatic rings. The average molecular weight is 438 g/mol. The number of fused-ring (bicyclic) bond motifs is 3. The first kappa shape index (κ1) is 20.5. The second-order valence-corrected chi connectivity index (χ2v) is 8.60. The third kappa shape index (κ3) is 3.12. The van der Waals surface area contributed by atoms with E-state index >= 15 is 0 Å². The zero-order chi connectivity index (χ0) is 22.5. The molecule has 1 spiro atoms. The Labute approximate surface area is 185 Å². The zero-order valence-electron chi connectivity index (χ0n) is 18.2. The van der Waals surface area contributed by atoms with E-state index in [1.54, 1.807) is 22.5 Å². The van der Waals surface area contributed by atoms with Crippen LogP contribution in [0, 0.1) is 6.92 Å². The maximum Gasteiger partial charge on any atom is 0.410 e. The zero-order valence-corrected chi connectivity index (χ0v) is 18.2. The van der Waals surface area contributed by atoms with Crippen LogP contribution in [0.1, 0.15) is 66.3 Å². The summed E-state index contributed by atoms with van der Waals surface area (Å²) in [6, 6.07) is 1.70. The fourth-order valence-corrected chi connectivity index (χ4v) is 5.09. The van der Waals surface area contributed by atoms with Gasteiger partial charge in [-0.15, -0.1) is 0 Å². The van der Waals surface area contributed by atoms with Gasteiger partial charge in [0, 0.05) is 5.56 Å². The number of hydrogen-bond acceptors (Lipinski definition) is 7. The number of rotatable bonds is 3. The maximum absolute atomic E-state index is 13.6. The molecule has 1 aliphatic carbocycles. The number of aromatic nitrogens is 3. The summed E-state index contributed by atoms with van der Waals surface area (Å²) in [5, 5.41) is 6.26. The fourth-order valence-electron chi connectivity index (χ4n) is 5.09. The van der Waals surface area contributed by atoms with E-state index < -0.39 is 11.8 Å². The molecule has 5 rings (SSSR count). The van der Waals surface area contributed by atoms with Crippen molar-refractivity contribution in [2.24, 2.45) is 0 Å². The predicted octanol–water partition coefficient (Wildman–Crippen LogP) is 2.52. The van der Waals surface area contributed by atoms with Crippen LogP contribution in [0.15, 0.2) is 17.2 Å². The minimum atomic E-state index is -0.654. The van der Waals surface area contributed by atoms with Gasteiger partial charge in [0.15, 0.2) is 0 Å². The molecule has 10 nitrogen and oxygen atoms in total. The lowest BCUT2D eigenvalue weighted by Crippen LogP contribution is -2.48. The van der Waals surface area contributed by atoms with E-state index in [4.69, 9.17) is 4.74 Å². The first-order valence-electron chi connectivity index (χ1n) is 11.0. The van der Waals surface area contributed by atoms with Gasteiger partial charge >= 0.3 is 6.09 Å². The van der Waals surface area contributed by atoms with Crippen molar-refractivity contribution in [3.05, 3.63) is 45.3 Å². The van der Waals surface area contributed by atoms with Gasteiger partial charge in [0.2, 0.25) is 0 Å². The largest absolute Gasteiger partial charge is 0.450 e. The molecular formula is C22H26N6O4. The minimum absolute atomic E-state index is 0.193. The number of carbonyl (C=O) groups is 2. The van der Waals surface area contributed by atoms with Gasteiger partial charge in [-0.05, 0) is 51.2 Å². The minimum Gasteiger partial charge on any atom is -0.450 e. The summed E-state index contributed by atoms with van der Waals surface area (Å²) in [4.78, 5) is 48.6. The quantitative estimate of drug-likeness (QED) is 0.756. The van der Waals surface area contributed by atoms with Gasteiger partial charge in [0.1, 0.15) is 29.2 Å². The Kier molecular flexibility index (Phi) is 4.87. The maximum atomic E-state index is 13.6. The Balaban J connectivity index is 1.52. The highest BCUT2D eigenvalue weighted by Gasteiger charge is 2.45. The molecule has 2 aromatic heterocycles. The Morgan fingerprint density at radius 3 is 2.75 bits per heavy atom. The lowest BCUT2D eigenvalue weighted by molar-refractivity contribution is 0.0876. The van der Waals surface area contributed by atoms with Crippen LogP contribution in [0.5, 0.6) is 0 Å². The van der Waals surface area contributed by atoms with E-state index in [1.807, 2.05) is 6.92 Å². The monoisotopic (exact) mass is 438 g/mol. The van der Waals surface area contributed by atoms with Crippen LogP contribution < -0.4 is 16.2 Å². The molecule has 1 saturated carbocycles. The lowest BCUT2D eigenvalue weighted by atomic mass is 9.89. The molecule has 2 amide bonds. The number of pyridine rings is 1. The molecule has 10 heteroatoms. The van der Waals surface area contributed by atoms with Crippen LogP contribution in [0.2, 0.25) is 0 Å². The van der Waals surface area contributed by atoms with Crippen LogP contribution in [0.3, 0.4) is 0 Å². The molecule has 2 N–H and O–H groups in total. The molecule has 2 aromatic rings. The van der Waals surface area contributed by atoms with Gasteiger partial charge in [0.25, 0.3) is 11.5 Å². The van der Waals surface area contributed by atoms with Crippen molar-refractivity contribution in [3.63, 3.8) is 0 Å². The third-order valence-corrected chi connectivity index (χ3v) is 6.56. The van der Waals surface area contributed by atoms with Crippen molar-refractivity contribution in [2.75, 3.05) is 11.9 Å². The number of ether oxygens (including phenoxy) is 1. The standard InChI is InChI=1S/C22H26N6O4/c1-3-32-21(31)27-10-14-16(11-27)23-12-24-18(14)25-15-9-13(2)17-19(29)26-22(28(17)20(15)30)7-5-4-6-8-22/h9,12H,3-8,10-11H2,1-2H3,(H,26,29)(H,23,24,25). The average Bonchev–Trinajstić information content (AvgIpc) is 3.33. The summed E-state index contributed by atoms with van der Waals surface area (Å²) in [5.74, 6) is 0.287. The molecule has 0 radical (unpaired) electrons. The highest BCUT2D eigenvalue weighted by molar-refractivity contribution is 5.97. The lowest BCUT2D eigenvalue weighted by Gasteiger charge is -2.35. The molecule has 32 heavy (non-hydrogen) atoms. The van der Waals surface area contributed by atoms with Gasteiger partial charge in [-0.1, -0.05) is 6.42 Å². The number of hydrogen-bond donors (Lipinski definition) is 2. The molecule has 0 atom stereocenters. The fraction of sp³-hybridized carbons (Fsp3) is 0.500. The van der Waals surface area contributed by atoms with E-state index in [1.165, 1.54) is 6.33 Å². The van der Waals surface area contributed by atoms with Crippen LogP contribution in [-0.4, -0.2) is 38.0 Å². The van der Waals surface area contributed by atoms with Gasteiger partial charge in [-0.3, -0.25) is 19.1 Å². The van der Waals surface area contributed by atoms with Gasteiger partial charge < -0.3 is 15.4 Å². The van der Waals surface area contributed by atoms with Gasteiger partial charge in [-0.2, -0.15) is 0 Å². The SMILES string of the molecule is CCOC(=O)N1Cc2ncnc(Nc3cc(C)c4n(c3=O)C3(CCCCC3)NC4=O)c2C1. The molecule has 1 fully saturated rings. The van der Waals surface area contributed by atoms with Crippen LogP contribution in [0.25, 0.3) is 0 Å². The van der Waals surface area contributed by atoms with Crippen LogP contribution in [0.4, 0.5) is 16.3 Å². The second kappa shape index (κ2) is 7.61. The van der Waals surface area contributed by atoms with Crippen molar-refractivity contribution in [2.45, 2.75) is 64.7 Å². The number of aryl methyl sites for hydroxylation is 1. The van der Waals surface area contributed by atoms with Crippen molar-refractivity contribution in [1.29, 1.82) is 0 Å². The smallest absolute Gasteiger partial charge is 0.410 e. The second-order valence-electron chi connectivity index (χ2n) is 8.60. The van der Waals surface area contributed by atoms with Gasteiger partial charge in [0.05, 0.1) is 25.4 Å². The number of nitrogens with one attached hydrogen (secondary N) is 2. The van der Waals surface area contributed by atoms with E-state index in [-0.39, 0.29) is 11.5 Å². The molecule has 0 bridgehead atoms. The summed E-state index contributed by atoms with van der Waals surface area (Å²) in [6.45, 7) is 4.52. The number of nitrogens with zero attached hydrogens (tertiary/aromatic N) is 4. The third-order valence-electron chi connectivity index (χ3n) is 6.56. The van der Waals surface area contributed by atoms with E-state index in [9.17, 15) is 14.4 Å². The summed E-state index contributed by atoms with van der Waals surface area (Å²) in [7, 11) is 0. The van der Waals surface area contributed by atoms with E-state index in [0.29, 0.717) is 42.6 Å². The predicted molar refractivity (Wildman–Crippen MR) is 116 cm³/mol. The summed E-state index contributed by atoms with van der Waals surface area (Å²) in [5.41, 5.74) is 2.08. The van der Waals surface area contributed by atoms with Crippen molar-refractivity contribution < 1.29 is 14.3 Å². The Morgan fingerprint density at radius 2 is 2.00 bits per heavy atom. The highest BCUT2D eigenvalue weighted by Crippen LogP contribution is 2.37. The Morgan fingerprint density at radius 1 is 1.22 bits per heavy atom. The van der Waals surface area contributed by atoms with Gasteiger partial charge in [-0.25, -0.2) is 14.8 Å². The summed E-state index contributed by atoms with van der Waals surface area (Å²) >= 11 is 0. The Hall–Kier alpha value is -3.43. The van der Waals surface area contributed by atoms with Crippen molar-refractivity contribution in [3.8, 4) is 0 Å². The first-order chi connectivity index (χ1) is 15.4. The molecule has 0 unspecified atom stereocenters. The molecule has 0 aromatic carbocycles. The number of anilines is 2. The Bertz CT molecular complexity index is 1170. The van der Waals surface area contributed by atoms with Crippen molar-refractivity contribution in [1.82, 2.24) is 24.8 Å². The van der Waals surface area contributed by atoms with E-state index in [2.05, 4.69) is 20.6 Å². The van der Waals surface area contributed by atoms with Crippen LogP contribution >= 0.6 is 0 Å². The number of carbonyl (C=O) groups excluding carboxylic acids is 2. The molecule has 168 valence electrons. The topological polar surface area (TPSA) is 118 Å². The first-order valence-corrected chi connectivity index (χ1v) is 11.0. The number of amides is 2. The van der Waals surface area contributed by atoms with Crippen LogP contribution in [-0.2, 0) is 23.5 Å². The molecular weight excluding hydrogens is 412 g/mol. The molecule has 0 saturated heterocycles. The molecule has 4 heterocycles. The van der Waals surface area contributed by atoms with E-state index in [0.717, 1.165) is 43.2 Å². The normalized spacial score (nSPS) is 18.3. The summed E-state index contributed by atoms with van der Waals surface area (Å²) < 4.78 is 6.75. The highest BCUT2D eigenvalue weighted by atomic mass is 16.6. The summed E-state index contributed by atoms with van der Waals surface area (Å²) in [6.07, 6.45) is 5.52.